The van der Waals surface area contributed by atoms with Crippen LogP contribution in [0.5, 0.6) is 11.5 Å². The van der Waals surface area contributed by atoms with Crippen LogP contribution in [-0.4, -0.2) is 38.8 Å². The van der Waals surface area contributed by atoms with Crippen LogP contribution in [0.4, 0.5) is 27.7 Å². The quantitative estimate of drug-likeness (QED) is 0.425. The molecule has 2 amide bonds. The fourth-order valence-electron chi connectivity index (χ4n) is 3.34. The summed E-state index contributed by atoms with van der Waals surface area (Å²) < 4.78 is 12.9. The van der Waals surface area contributed by atoms with Crippen LogP contribution >= 0.6 is 0 Å². The number of hydrogen-bond donors (Lipinski definition) is 3. The van der Waals surface area contributed by atoms with Gasteiger partial charge in [0.2, 0.25) is 0 Å². The largest absolute Gasteiger partial charge is 0.486 e. The van der Waals surface area contributed by atoms with Gasteiger partial charge in [-0.15, -0.1) is 0 Å². The predicted molar refractivity (Wildman–Crippen MR) is 124 cm³/mol. The molecule has 0 bridgehead atoms. The SMILES string of the molecule is Cc1nc(Nc2ccc(NC(=O)Nc3ccc4c(c3)OCCO4)cc2)cc(-n2ccnc2)n1. The number of imidazole rings is 1. The third kappa shape index (κ3) is 4.85. The monoisotopic (exact) mass is 443 g/mol. The molecule has 33 heavy (non-hydrogen) atoms. The standard InChI is InChI=1S/C23H21N7O3/c1-15-25-21(13-22(26-15)30-9-8-24-14-30)27-16-2-4-17(5-3-16)28-23(31)29-18-6-7-19-20(12-18)33-11-10-32-19/h2-9,12-14H,10-11H2,1H3,(H,25,26,27)(H2,28,29,31). The zero-order chi connectivity index (χ0) is 22.6. The van der Waals surface area contributed by atoms with Gasteiger partial charge in [0.05, 0.1) is 0 Å². The average Bonchev–Trinajstić information content (AvgIpc) is 3.35. The first kappa shape index (κ1) is 20.3. The molecule has 166 valence electrons. The highest BCUT2D eigenvalue weighted by Crippen LogP contribution is 2.32. The highest BCUT2D eigenvalue weighted by molar-refractivity contribution is 6.00. The Hall–Kier alpha value is -4.60. The van der Waals surface area contributed by atoms with Crippen molar-refractivity contribution in [2.45, 2.75) is 6.92 Å². The number of nitrogens with zero attached hydrogens (tertiary/aromatic N) is 4. The minimum absolute atomic E-state index is 0.358. The molecule has 2 aromatic heterocycles. The van der Waals surface area contributed by atoms with Crippen LogP contribution in [0.15, 0.2) is 67.3 Å². The van der Waals surface area contributed by atoms with Crippen molar-refractivity contribution in [1.29, 1.82) is 0 Å². The molecule has 5 rings (SSSR count). The second-order valence-corrected chi connectivity index (χ2v) is 7.27. The van der Waals surface area contributed by atoms with Crippen LogP contribution in [0.25, 0.3) is 5.82 Å². The lowest BCUT2D eigenvalue weighted by Gasteiger charge is -2.19. The van der Waals surface area contributed by atoms with Crippen LogP contribution in [-0.2, 0) is 0 Å². The summed E-state index contributed by atoms with van der Waals surface area (Å²) in [6.45, 7) is 2.84. The minimum atomic E-state index is -0.358. The van der Waals surface area contributed by atoms with Crippen molar-refractivity contribution in [2.24, 2.45) is 0 Å². The van der Waals surface area contributed by atoms with E-state index in [1.807, 2.05) is 35.9 Å². The first-order valence-corrected chi connectivity index (χ1v) is 10.3. The lowest BCUT2D eigenvalue weighted by molar-refractivity contribution is 0.171. The Balaban J connectivity index is 1.22. The number of rotatable bonds is 5. The maximum atomic E-state index is 12.4. The normalized spacial score (nSPS) is 12.2. The molecule has 0 fully saturated rings. The third-order valence-corrected chi connectivity index (χ3v) is 4.81. The first-order chi connectivity index (χ1) is 16.1. The van der Waals surface area contributed by atoms with Crippen LogP contribution in [0.1, 0.15) is 5.82 Å². The molecule has 0 atom stereocenters. The van der Waals surface area contributed by atoms with E-state index in [9.17, 15) is 4.79 Å². The van der Waals surface area contributed by atoms with E-state index in [-0.39, 0.29) is 6.03 Å². The number of hydrogen-bond acceptors (Lipinski definition) is 7. The molecular weight excluding hydrogens is 422 g/mol. The van der Waals surface area contributed by atoms with Crippen molar-refractivity contribution >= 4 is 28.9 Å². The molecule has 0 radical (unpaired) electrons. The van der Waals surface area contributed by atoms with Gasteiger partial charge in [-0.05, 0) is 43.3 Å². The Morgan fingerprint density at radius 3 is 2.42 bits per heavy atom. The molecule has 0 saturated heterocycles. The summed E-state index contributed by atoms with van der Waals surface area (Å²) in [5.41, 5.74) is 2.08. The number of urea groups is 1. The fraction of sp³-hybridized carbons (Fsp3) is 0.130. The molecule has 3 heterocycles. The number of carbonyl (C=O) groups is 1. The van der Waals surface area contributed by atoms with Crippen LogP contribution in [0.3, 0.4) is 0 Å². The summed E-state index contributed by atoms with van der Waals surface area (Å²) in [6.07, 6.45) is 5.20. The zero-order valence-electron chi connectivity index (χ0n) is 17.8. The van der Waals surface area contributed by atoms with Gasteiger partial charge < -0.3 is 25.4 Å². The third-order valence-electron chi connectivity index (χ3n) is 4.81. The highest BCUT2D eigenvalue weighted by atomic mass is 16.6. The molecule has 4 aromatic rings. The van der Waals surface area contributed by atoms with Gasteiger partial charge in [0.1, 0.15) is 37.0 Å². The van der Waals surface area contributed by atoms with E-state index in [0.717, 1.165) is 11.5 Å². The number of aryl methyl sites for hydroxylation is 1. The predicted octanol–water partition coefficient (Wildman–Crippen LogP) is 4.13. The molecule has 0 aliphatic carbocycles. The number of ether oxygens (including phenoxy) is 2. The number of aromatic nitrogens is 4. The van der Waals surface area contributed by atoms with Gasteiger partial charge in [-0.25, -0.2) is 19.7 Å². The maximum Gasteiger partial charge on any atom is 0.323 e. The van der Waals surface area contributed by atoms with Crippen molar-refractivity contribution in [3.05, 3.63) is 73.1 Å². The Morgan fingerprint density at radius 2 is 1.64 bits per heavy atom. The second kappa shape index (κ2) is 8.87. The van der Waals surface area contributed by atoms with Gasteiger partial charge >= 0.3 is 6.03 Å². The molecule has 1 aliphatic heterocycles. The molecular formula is C23H21N7O3. The highest BCUT2D eigenvalue weighted by Gasteiger charge is 2.13. The van der Waals surface area contributed by atoms with E-state index in [0.29, 0.717) is 47.7 Å². The number of nitrogens with one attached hydrogen (secondary N) is 3. The molecule has 2 aromatic carbocycles. The van der Waals surface area contributed by atoms with Gasteiger partial charge in [0.25, 0.3) is 0 Å². The van der Waals surface area contributed by atoms with Crippen molar-refractivity contribution < 1.29 is 14.3 Å². The fourth-order valence-corrected chi connectivity index (χ4v) is 3.34. The molecule has 0 unspecified atom stereocenters. The van der Waals surface area contributed by atoms with Crippen molar-refractivity contribution in [1.82, 2.24) is 19.5 Å². The van der Waals surface area contributed by atoms with E-state index in [4.69, 9.17) is 9.47 Å². The van der Waals surface area contributed by atoms with E-state index in [1.165, 1.54) is 0 Å². The van der Waals surface area contributed by atoms with Gasteiger partial charge in [-0.3, -0.25) is 4.57 Å². The number of amides is 2. The van der Waals surface area contributed by atoms with Gasteiger partial charge in [-0.1, -0.05) is 0 Å². The molecule has 0 spiro atoms. The Labute approximate surface area is 189 Å². The summed E-state index contributed by atoms with van der Waals surface area (Å²) in [7, 11) is 0. The number of anilines is 4. The zero-order valence-corrected chi connectivity index (χ0v) is 17.8. The van der Waals surface area contributed by atoms with Crippen LogP contribution < -0.4 is 25.4 Å². The van der Waals surface area contributed by atoms with Gasteiger partial charge in [-0.2, -0.15) is 0 Å². The van der Waals surface area contributed by atoms with Crippen molar-refractivity contribution in [2.75, 3.05) is 29.2 Å². The molecule has 1 aliphatic rings. The van der Waals surface area contributed by atoms with E-state index < -0.39 is 0 Å². The molecule has 3 N–H and O–H groups in total. The van der Waals surface area contributed by atoms with Gasteiger partial charge in [0.15, 0.2) is 11.5 Å². The van der Waals surface area contributed by atoms with E-state index >= 15 is 0 Å². The van der Waals surface area contributed by atoms with Gasteiger partial charge in [0, 0.05) is 41.6 Å². The molecule has 10 nitrogen and oxygen atoms in total. The lowest BCUT2D eigenvalue weighted by Crippen LogP contribution is -2.20. The van der Waals surface area contributed by atoms with Crippen molar-refractivity contribution in [3.63, 3.8) is 0 Å². The number of benzene rings is 2. The Bertz CT molecular complexity index is 1270. The lowest BCUT2D eigenvalue weighted by atomic mass is 10.2. The van der Waals surface area contributed by atoms with Crippen LogP contribution in [0, 0.1) is 6.92 Å². The topological polar surface area (TPSA) is 115 Å². The summed E-state index contributed by atoms with van der Waals surface area (Å²) >= 11 is 0. The summed E-state index contributed by atoms with van der Waals surface area (Å²) in [6, 6.07) is 14.1. The summed E-state index contributed by atoms with van der Waals surface area (Å²) in [4.78, 5) is 25.3. The Kier molecular flexibility index (Phi) is 5.46. The minimum Gasteiger partial charge on any atom is -0.486 e. The maximum absolute atomic E-state index is 12.4. The second-order valence-electron chi connectivity index (χ2n) is 7.27. The summed E-state index contributed by atoms with van der Waals surface area (Å²) in [5.74, 6) is 3.30. The Morgan fingerprint density at radius 1 is 0.909 bits per heavy atom. The van der Waals surface area contributed by atoms with E-state index in [1.54, 1.807) is 42.9 Å². The smallest absolute Gasteiger partial charge is 0.323 e. The molecule has 0 saturated carbocycles. The molecule has 10 heteroatoms. The van der Waals surface area contributed by atoms with Crippen LogP contribution in [0.2, 0.25) is 0 Å². The first-order valence-electron chi connectivity index (χ1n) is 10.3. The number of fused-ring (bicyclic) bond motifs is 1. The summed E-state index contributed by atoms with van der Waals surface area (Å²) in [5, 5.41) is 8.87. The average molecular weight is 443 g/mol. The number of carbonyl (C=O) groups excluding carboxylic acids is 1. The van der Waals surface area contributed by atoms with E-state index in [2.05, 4.69) is 30.9 Å². The van der Waals surface area contributed by atoms with Crippen molar-refractivity contribution in [3.8, 4) is 17.3 Å².